The molecule has 2 aromatic rings. The Bertz CT molecular complexity index is 656. The molecule has 0 spiro atoms. The zero-order valence-electron chi connectivity index (χ0n) is 10.3. The van der Waals surface area contributed by atoms with Crippen molar-refractivity contribution in [3.05, 3.63) is 52.9 Å². The second-order valence-corrected chi connectivity index (χ2v) is 4.76. The standard InChI is InChI=1S/C14H10F3NO2/c15-14(16,17)10-4-2-1-3-9(10)13(19)11-7-12(20-18-11)8-5-6-8/h1-4,7-8H,5-6H2. The number of benzene rings is 1. The number of aromatic nitrogens is 1. The summed E-state index contributed by atoms with van der Waals surface area (Å²) in [6.07, 6.45) is -2.65. The van der Waals surface area contributed by atoms with Gasteiger partial charge in [0, 0.05) is 17.5 Å². The van der Waals surface area contributed by atoms with Gasteiger partial charge in [-0.2, -0.15) is 13.2 Å². The van der Waals surface area contributed by atoms with E-state index in [4.69, 9.17) is 4.52 Å². The van der Waals surface area contributed by atoms with E-state index in [1.165, 1.54) is 18.2 Å². The summed E-state index contributed by atoms with van der Waals surface area (Å²) in [5.74, 6) is 0.0494. The molecule has 6 heteroatoms. The number of alkyl halides is 3. The third-order valence-corrected chi connectivity index (χ3v) is 3.22. The maximum atomic E-state index is 12.9. The van der Waals surface area contributed by atoms with Crippen LogP contribution in [0.25, 0.3) is 0 Å². The molecule has 1 saturated carbocycles. The van der Waals surface area contributed by atoms with Crippen molar-refractivity contribution in [2.24, 2.45) is 0 Å². The van der Waals surface area contributed by atoms with Crippen molar-refractivity contribution in [2.75, 3.05) is 0 Å². The number of rotatable bonds is 3. The summed E-state index contributed by atoms with van der Waals surface area (Å²) in [4.78, 5) is 12.1. The van der Waals surface area contributed by atoms with Crippen LogP contribution in [0.4, 0.5) is 13.2 Å². The Morgan fingerprint density at radius 2 is 1.95 bits per heavy atom. The lowest BCUT2D eigenvalue weighted by Crippen LogP contribution is -2.13. The van der Waals surface area contributed by atoms with E-state index in [2.05, 4.69) is 5.16 Å². The molecule has 0 bridgehead atoms. The van der Waals surface area contributed by atoms with Gasteiger partial charge in [0.05, 0.1) is 5.56 Å². The molecule has 0 atom stereocenters. The van der Waals surface area contributed by atoms with Gasteiger partial charge in [0.15, 0.2) is 5.69 Å². The molecule has 0 amide bonds. The highest BCUT2D eigenvalue weighted by atomic mass is 19.4. The minimum atomic E-state index is -4.57. The Hall–Kier alpha value is -2.11. The van der Waals surface area contributed by atoms with Gasteiger partial charge >= 0.3 is 6.18 Å². The number of ketones is 1. The van der Waals surface area contributed by atoms with Gasteiger partial charge in [0.1, 0.15) is 5.76 Å². The highest BCUT2D eigenvalue weighted by Gasteiger charge is 2.36. The molecule has 20 heavy (non-hydrogen) atoms. The topological polar surface area (TPSA) is 43.1 Å². The molecule has 1 aromatic carbocycles. The summed E-state index contributed by atoms with van der Waals surface area (Å²) < 4.78 is 43.6. The van der Waals surface area contributed by atoms with Crippen molar-refractivity contribution < 1.29 is 22.5 Å². The van der Waals surface area contributed by atoms with Crippen molar-refractivity contribution >= 4 is 5.78 Å². The van der Waals surface area contributed by atoms with Crippen LogP contribution in [0, 0.1) is 0 Å². The Kier molecular flexibility index (Phi) is 2.88. The zero-order chi connectivity index (χ0) is 14.3. The van der Waals surface area contributed by atoms with E-state index in [9.17, 15) is 18.0 Å². The monoisotopic (exact) mass is 281 g/mol. The number of hydrogen-bond acceptors (Lipinski definition) is 3. The SMILES string of the molecule is O=C(c1cc(C2CC2)on1)c1ccccc1C(F)(F)F. The van der Waals surface area contributed by atoms with E-state index >= 15 is 0 Å². The van der Waals surface area contributed by atoms with Gasteiger partial charge in [-0.15, -0.1) is 0 Å². The summed E-state index contributed by atoms with van der Waals surface area (Å²) in [6, 6.07) is 6.11. The Balaban J connectivity index is 1.97. The van der Waals surface area contributed by atoms with Gasteiger partial charge in [-0.1, -0.05) is 23.4 Å². The predicted molar refractivity (Wildman–Crippen MR) is 63.4 cm³/mol. The first-order valence-corrected chi connectivity index (χ1v) is 6.14. The number of carbonyl (C=O) groups is 1. The number of halogens is 3. The van der Waals surface area contributed by atoms with Crippen LogP contribution in [0.5, 0.6) is 0 Å². The molecule has 1 fully saturated rings. The Morgan fingerprint density at radius 3 is 2.60 bits per heavy atom. The van der Waals surface area contributed by atoms with Crippen LogP contribution < -0.4 is 0 Å². The molecular weight excluding hydrogens is 271 g/mol. The largest absolute Gasteiger partial charge is 0.417 e. The van der Waals surface area contributed by atoms with Crippen molar-refractivity contribution in [3.8, 4) is 0 Å². The molecule has 0 N–H and O–H groups in total. The normalized spacial score (nSPS) is 15.3. The van der Waals surface area contributed by atoms with Crippen LogP contribution in [0.2, 0.25) is 0 Å². The third kappa shape index (κ3) is 2.33. The second-order valence-electron chi connectivity index (χ2n) is 4.76. The summed E-state index contributed by atoms with van der Waals surface area (Å²) >= 11 is 0. The fraction of sp³-hybridized carbons (Fsp3) is 0.286. The lowest BCUT2D eigenvalue weighted by atomic mass is 10.0. The molecule has 1 heterocycles. The molecule has 3 rings (SSSR count). The smallest absolute Gasteiger partial charge is 0.360 e. The van der Waals surface area contributed by atoms with Gasteiger partial charge < -0.3 is 4.52 Å². The quantitative estimate of drug-likeness (QED) is 0.804. The lowest BCUT2D eigenvalue weighted by Gasteiger charge is -2.10. The van der Waals surface area contributed by atoms with Crippen molar-refractivity contribution in [3.63, 3.8) is 0 Å². The fourth-order valence-corrected chi connectivity index (χ4v) is 2.02. The van der Waals surface area contributed by atoms with Gasteiger partial charge in [-0.25, -0.2) is 0 Å². The van der Waals surface area contributed by atoms with E-state index in [0.29, 0.717) is 5.76 Å². The molecule has 1 aliphatic rings. The van der Waals surface area contributed by atoms with E-state index in [1.807, 2.05) is 0 Å². The van der Waals surface area contributed by atoms with Crippen LogP contribution in [0.1, 0.15) is 46.1 Å². The van der Waals surface area contributed by atoms with E-state index in [-0.39, 0.29) is 11.6 Å². The van der Waals surface area contributed by atoms with E-state index in [1.54, 1.807) is 0 Å². The minimum absolute atomic E-state index is 0.0800. The average molecular weight is 281 g/mol. The third-order valence-electron chi connectivity index (χ3n) is 3.22. The first-order valence-electron chi connectivity index (χ1n) is 6.14. The molecule has 0 aliphatic heterocycles. The number of nitrogens with zero attached hydrogens (tertiary/aromatic N) is 1. The van der Waals surface area contributed by atoms with Gasteiger partial charge in [-0.3, -0.25) is 4.79 Å². The maximum Gasteiger partial charge on any atom is 0.417 e. The summed E-state index contributed by atoms with van der Waals surface area (Å²) in [6.45, 7) is 0. The van der Waals surface area contributed by atoms with Gasteiger partial charge in [-0.05, 0) is 18.9 Å². The van der Waals surface area contributed by atoms with Crippen LogP contribution in [-0.2, 0) is 6.18 Å². The van der Waals surface area contributed by atoms with E-state index in [0.717, 1.165) is 25.0 Å². The van der Waals surface area contributed by atoms with Crippen molar-refractivity contribution in [2.45, 2.75) is 24.9 Å². The first kappa shape index (κ1) is 12.9. The maximum absolute atomic E-state index is 12.9. The van der Waals surface area contributed by atoms with Gasteiger partial charge in [0.2, 0.25) is 5.78 Å². The molecule has 1 aliphatic carbocycles. The van der Waals surface area contributed by atoms with Crippen LogP contribution in [0.15, 0.2) is 34.9 Å². The first-order chi connectivity index (χ1) is 9.47. The second kappa shape index (κ2) is 4.47. The Morgan fingerprint density at radius 1 is 1.25 bits per heavy atom. The highest BCUT2D eigenvalue weighted by molar-refractivity contribution is 6.08. The Labute approximate surface area is 112 Å². The summed E-state index contributed by atoms with van der Waals surface area (Å²) in [5.41, 5.74) is -1.44. The van der Waals surface area contributed by atoms with Crippen LogP contribution >= 0.6 is 0 Å². The minimum Gasteiger partial charge on any atom is -0.360 e. The number of carbonyl (C=O) groups excluding carboxylic acids is 1. The molecule has 1 aromatic heterocycles. The van der Waals surface area contributed by atoms with Crippen LogP contribution in [-0.4, -0.2) is 10.9 Å². The summed E-state index contributed by atoms with van der Waals surface area (Å²) in [7, 11) is 0. The molecular formula is C14H10F3NO2. The lowest BCUT2D eigenvalue weighted by molar-refractivity contribution is -0.137. The molecule has 0 saturated heterocycles. The highest BCUT2D eigenvalue weighted by Crippen LogP contribution is 2.40. The summed E-state index contributed by atoms with van der Waals surface area (Å²) in [5, 5.41) is 3.59. The van der Waals surface area contributed by atoms with E-state index < -0.39 is 23.1 Å². The van der Waals surface area contributed by atoms with Gasteiger partial charge in [0.25, 0.3) is 0 Å². The van der Waals surface area contributed by atoms with Crippen LogP contribution in [0.3, 0.4) is 0 Å². The molecule has 3 nitrogen and oxygen atoms in total. The number of hydrogen-bond donors (Lipinski definition) is 0. The average Bonchev–Trinajstić information content (AvgIpc) is 3.15. The molecule has 0 radical (unpaired) electrons. The van der Waals surface area contributed by atoms with Crippen molar-refractivity contribution in [1.29, 1.82) is 0 Å². The molecule has 104 valence electrons. The fourth-order valence-electron chi connectivity index (χ4n) is 2.02. The zero-order valence-corrected chi connectivity index (χ0v) is 10.3. The van der Waals surface area contributed by atoms with Crippen molar-refractivity contribution in [1.82, 2.24) is 5.16 Å². The molecule has 0 unspecified atom stereocenters. The predicted octanol–water partition coefficient (Wildman–Crippen LogP) is 3.80.